The number of hydrogen-bond donors (Lipinski definition) is 0. The molecule has 5 heteroatoms. The van der Waals surface area contributed by atoms with Crippen molar-refractivity contribution in [2.75, 3.05) is 33.0 Å². The van der Waals surface area contributed by atoms with Crippen LogP contribution < -0.4 is 0 Å². The lowest BCUT2D eigenvalue weighted by atomic mass is 9.80. The molecule has 0 N–H and O–H groups in total. The highest BCUT2D eigenvalue weighted by molar-refractivity contribution is 5.69. The molecule has 0 saturated heterocycles. The maximum atomic E-state index is 11.7. The Balaban J connectivity index is 1.51. The largest absolute Gasteiger partial charge is 0.466 e. The number of ether oxygens (including phenoxy) is 4. The van der Waals surface area contributed by atoms with Crippen LogP contribution in [0.25, 0.3) is 0 Å². The van der Waals surface area contributed by atoms with Crippen LogP contribution in [0.1, 0.15) is 153 Å². The molecule has 0 bridgehead atoms. The highest BCUT2D eigenvalue weighted by atomic mass is 16.6. The minimum atomic E-state index is -0.798. The molecule has 0 spiro atoms. The standard InChI is InChI=1S/C47H70O5/c1-3-5-6-7-8-9-10-11-12-13-14-15-17-29-38-49-40-45(51-39-30-18-16-28-37-46(48)50-4-2)41-52-47(42-31-22-19-23-32-42,43-33-24-20-25-34-43)44-35-26-21-27-36-44/h19-27,31-36,45H,3-18,28-30,37-41H2,1-2H3. The summed E-state index contributed by atoms with van der Waals surface area (Å²) < 4.78 is 25.0. The topological polar surface area (TPSA) is 54.0 Å². The third kappa shape index (κ3) is 17.2. The van der Waals surface area contributed by atoms with Crippen molar-refractivity contribution in [3.8, 4) is 0 Å². The fraction of sp³-hybridized carbons (Fsp3) is 0.596. The first-order valence-corrected chi connectivity index (χ1v) is 20.9. The van der Waals surface area contributed by atoms with E-state index in [1.807, 2.05) is 25.1 Å². The Labute approximate surface area is 317 Å². The summed E-state index contributed by atoms with van der Waals surface area (Å²) in [5, 5.41) is 0. The third-order valence-electron chi connectivity index (χ3n) is 9.91. The van der Waals surface area contributed by atoms with Crippen molar-refractivity contribution in [3.05, 3.63) is 108 Å². The summed E-state index contributed by atoms with van der Waals surface area (Å²) >= 11 is 0. The van der Waals surface area contributed by atoms with Crippen molar-refractivity contribution in [3.63, 3.8) is 0 Å². The maximum absolute atomic E-state index is 11.7. The second-order valence-electron chi connectivity index (χ2n) is 14.2. The Bertz CT molecular complexity index is 1150. The average Bonchev–Trinajstić information content (AvgIpc) is 3.18. The van der Waals surface area contributed by atoms with Gasteiger partial charge in [0, 0.05) is 19.6 Å². The molecule has 3 rings (SSSR count). The van der Waals surface area contributed by atoms with Crippen molar-refractivity contribution in [2.45, 2.75) is 148 Å². The van der Waals surface area contributed by atoms with Gasteiger partial charge in [-0.05, 0) is 42.9 Å². The molecule has 1 unspecified atom stereocenters. The van der Waals surface area contributed by atoms with Crippen molar-refractivity contribution in [2.24, 2.45) is 0 Å². The molecule has 0 aliphatic rings. The highest BCUT2D eigenvalue weighted by Crippen LogP contribution is 2.40. The summed E-state index contributed by atoms with van der Waals surface area (Å²) in [6.45, 7) is 6.84. The predicted molar refractivity (Wildman–Crippen MR) is 216 cm³/mol. The van der Waals surface area contributed by atoms with E-state index in [2.05, 4.69) is 79.7 Å². The summed E-state index contributed by atoms with van der Waals surface area (Å²) in [5.41, 5.74) is 2.44. The van der Waals surface area contributed by atoms with Gasteiger partial charge in [0.2, 0.25) is 0 Å². The Morgan fingerprint density at radius 3 is 1.40 bits per heavy atom. The van der Waals surface area contributed by atoms with E-state index in [0.717, 1.165) is 55.4 Å². The van der Waals surface area contributed by atoms with Crippen molar-refractivity contribution >= 4 is 5.97 Å². The number of esters is 1. The van der Waals surface area contributed by atoms with Gasteiger partial charge in [0.05, 0.1) is 19.8 Å². The quantitative estimate of drug-likeness (QED) is 0.0366. The van der Waals surface area contributed by atoms with Crippen LogP contribution in [-0.4, -0.2) is 45.1 Å². The Morgan fingerprint density at radius 2 is 0.942 bits per heavy atom. The zero-order chi connectivity index (χ0) is 36.8. The molecule has 288 valence electrons. The molecule has 0 radical (unpaired) electrons. The molecule has 0 heterocycles. The molecule has 1 atom stereocenters. The third-order valence-corrected chi connectivity index (χ3v) is 9.91. The van der Waals surface area contributed by atoms with Crippen LogP contribution in [0, 0.1) is 0 Å². The first kappa shape index (κ1) is 43.4. The minimum Gasteiger partial charge on any atom is -0.466 e. The van der Waals surface area contributed by atoms with E-state index in [0.29, 0.717) is 32.8 Å². The van der Waals surface area contributed by atoms with E-state index in [1.54, 1.807) is 0 Å². The molecule has 0 fully saturated rings. The first-order valence-electron chi connectivity index (χ1n) is 20.9. The van der Waals surface area contributed by atoms with E-state index in [4.69, 9.17) is 18.9 Å². The second kappa shape index (κ2) is 28.5. The number of rotatable bonds is 32. The van der Waals surface area contributed by atoms with Crippen LogP contribution in [0.2, 0.25) is 0 Å². The second-order valence-corrected chi connectivity index (χ2v) is 14.2. The van der Waals surface area contributed by atoms with Crippen LogP contribution in [-0.2, 0) is 29.3 Å². The molecular formula is C47H70O5. The fourth-order valence-corrected chi connectivity index (χ4v) is 6.95. The fourth-order valence-electron chi connectivity index (χ4n) is 6.95. The summed E-state index contributed by atoms with van der Waals surface area (Å²) in [6.07, 6.45) is 22.9. The first-order chi connectivity index (χ1) is 25.7. The van der Waals surface area contributed by atoms with Crippen LogP contribution in [0.3, 0.4) is 0 Å². The Morgan fingerprint density at radius 1 is 0.519 bits per heavy atom. The zero-order valence-electron chi connectivity index (χ0n) is 32.7. The van der Waals surface area contributed by atoms with Crippen molar-refractivity contribution < 1.29 is 23.7 Å². The van der Waals surface area contributed by atoms with Crippen LogP contribution in [0.5, 0.6) is 0 Å². The Hall–Kier alpha value is -2.99. The molecule has 0 saturated carbocycles. The smallest absolute Gasteiger partial charge is 0.305 e. The molecular weight excluding hydrogens is 645 g/mol. The van der Waals surface area contributed by atoms with Gasteiger partial charge in [-0.25, -0.2) is 0 Å². The normalized spacial score (nSPS) is 12.2. The molecule has 0 aliphatic heterocycles. The van der Waals surface area contributed by atoms with Gasteiger partial charge in [-0.15, -0.1) is 0 Å². The number of carbonyl (C=O) groups is 1. The van der Waals surface area contributed by atoms with Crippen molar-refractivity contribution in [1.82, 2.24) is 0 Å². The zero-order valence-corrected chi connectivity index (χ0v) is 32.7. The monoisotopic (exact) mass is 715 g/mol. The lowest BCUT2D eigenvalue weighted by molar-refractivity contribution is -0.143. The molecule has 52 heavy (non-hydrogen) atoms. The van der Waals surface area contributed by atoms with Gasteiger partial charge in [0.1, 0.15) is 11.7 Å². The van der Waals surface area contributed by atoms with E-state index >= 15 is 0 Å². The lowest BCUT2D eigenvalue weighted by Crippen LogP contribution is -2.37. The van der Waals surface area contributed by atoms with Gasteiger partial charge < -0.3 is 18.9 Å². The molecule has 0 aromatic heterocycles. The summed E-state index contributed by atoms with van der Waals surface area (Å²) in [5.74, 6) is -0.106. The van der Waals surface area contributed by atoms with Gasteiger partial charge in [-0.1, -0.05) is 194 Å². The molecule has 0 aliphatic carbocycles. The number of carbonyl (C=O) groups excluding carboxylic acids is 1. The lowest BCUT2D eigenvalue weighted by Gasteiger charge is -2.37. The summed E-state index contributed by atoms with van der Waals surface area (Å²) in [4.78, 5) is 11.7. The van der Waals surface area contributed by atoms with Gasteiger partial charge in [0.15, 0.2) is 0 Å². The van der Waals surface area contributed by atoms with Gasteiger partial charge in [0.25, 0.3) is 0 Å². The van der Waals surface area contributed by atoms with Gasteiger partial charge in [-0.3, -0.25) is 4.79 Å². The molecule has 3 aromatic rings. The van der Waals surface area contributed by atoms with E-state index in [-0.39, 0.29) is 12.1 Å². The number of hydrogen-bond acceptors (Lipinski definition) is 5. The SMILES string of the molecule is CCCCCCCCCCCCCCCCOCC(COC(c1ccccc1)(c1ccccc1)c1ccccc1)OCCCCCCC(=O)OCC. The number of benzene rings is 3. The Kier molecular flexibility index (Phi) is 23.8. The van der Waals surface area contributed by atoms with Crippen LogP contribution >= 0.6 is 0 Å². The van der Waals surface area contributed by atoms with Crippen LogP contribution in [0.4, 0.5) is 0 Å². The van der Waals surface area contributed by atoms with Crippen LogP contribution in [0.15, 0.2) is 91.0 Å². The summed E-state index contributed by atoms with van der Waals surface area (Å²) in [7, 11) is 0. The highest BCUT2D eigenvalue weighted by Gasteiger charge is 2.38. The molecule has 0 amide bonds. The van der Waals surface area contributed by atoms with E-state index < -0.39 is 5.60 Å². The van der Waals surface area contributed by atoms with Gasteiger partial charge >= 0.3 is 5.97 Å². The summed E-state index contributed by atoms with van der Waals surface area (Å²) in [6, 6.07) is 31.5. The van der Waals surface area contributed by atoms with Gasteiger partial charge in [-0.2, -0.15) is 0 Å². The minimum absolute atomic E-state index is 0.106. The molecule has 5 nitrogen and oxygen atoms in total. The number of unbranched alkanes of at least 4 members (excludes halogenated alkanes) is 16. The van der Waals surface area contributed by atoms with E-state index in [9.17, 15) is 4.79 Å². The van der Waals surface area contributed by atoms with Crippen molar-refractivity contribution in [1.29, 1.82) is 0 Å². The van der Waals surface area contributed by atoms with E-state index in [1.165, 1.54) is 83.5 Å². The maximum Gasteiger partial charge on any atom is 0.305 e. The molecule has 3 aromatic carbocycles. The predicted octanol–water partition coefficient (Wildman–Crippen LogP) is 12.4. The average molecular weight is 715 g/mol.